The Balaban J connectivity index is 1.64. The molecule has 2 heterocycles. The smallest absolute Gasteiger partial charge is 0.247 e. The van der Waals surface area contributed by atoms with Crippen LogP contribution >= 0.6 is 0 Å². The van der Waals surface area contributed by atoms with Crippen molar-refractivity contribution in [1.29, 1.82) is 0 Å². The van der Waals surface area contributed by atoms with Crippen molar-refractivity contribution in [2.24, 2.45) is 0 Å². The molecule has 2 atom stereocenters. The fraction of sp³-hybridized carbons (Fsp3) is 0.667. The van der Waals surface area contributed by atoms with Crippen LogP contribution in [0.15, 0.2) is 0 Å². The van der Waals surface area contributed by atoms with Crippen LogP contribution in [0.5, 0.6) is 0 Å². The van der Waals surface area contributed by atoms with Gasteiger partial charge < -0.3 is 0 Å². The zero-order chi connectivity index (χ0) is 13.6. The Morgan fingerprint density at radius 3 is 2.42 bits per heavy atom. The summed E-state index contributed by atoms with van der Waals surface area (Å²) < 4.78 is 0. The van der Waals surface area contributed by atoms with Crippen LogP contribution in [0.4, 0.5) is 0 Å². The van der Waals surface area contributed by atoms with Gasteiger partial charge in [0, 0.05) is 12.5 Å². The van der Waals surface area contributed by atoms with Gasteiger partial charge in [0.05, 0.1) is 18.5 Å². The van der Waals surface area contributed by atoms with Crippen LogP contribution in [0, 0.1) is 0 Å². The third-order valence-electron chi connectivity index (χ3n) is 3.74. The first-order chi connectivity index (χ1) is 9.06. The molecule has 2 N–H and O–H groups in total. The molecule has 0 aromatic rings. The highest BCUT2D eigenvalue weighted by Crippen LogP contribution is 2.31. The van der Waals surface area contributed by atoms with Crippen molar-refractivity contribution in [3.63, 3.8) is 0 Å². The summed E-state index contributed by atoms with van der Waals surface area (Å²) in [4.78, 5) is 47.8. The average molecular weight is 265 g/mol. The minimum Gasteiger partial charge on any atom is -0.295 e. The molecule has 1 aliphatic carbocycles. The second-order valence-electron chi connectivity index (χ2n) is 5.26. The fourth-order valence-electron chi connectivity index (χ4n) is 2.59. The Hall–Kier alpha value is -1.76. The molecule has 1 saturated carbocycles. The monoisotopic (exact) mass is 265 g/mol. The normalized spacial score (nSPS) is 31.9. The molecule has 3 aliphatic rings. The molecule has 0 aromatic heterocycles. The molecule has 0 radical (unpaired) electrons. The number of imide groups is 2. The third kappa shape index (κ3) is 2.25. The lowest BCUT2D eigenvalue weighted by atomic mass is 10.0. The number of hydrogen-bond donors (Lipinski definition) is 2. The molecule has 3 fully saturated rings. The first-order valence-corrected chi connectivity index (χ1v) is 6.52. The van der Waals surface area contributed by atoms with Crippen molar-refractivity contribution in [1.82, 2.24) is 15.5 Å². The average Bonchev–Trinajstić information content (AvgIpc) is 3.12. The second-order valence-corrected chi connectivity index (χ2v) is 5.26. The van der Waals surface area contributed by atoms with Crippen LogP contribution in [0.1, 0.15) is 32.1 Å². The quantitative estimate of drug-likeness (QED) is 0.616. The summed E-state index contributed by atoms with van der Waals surface area (Å²) in [5, 5.41) is 5.13. The zero-order valence-electron chi connectivity index (χ0n) is 10.3. The molecular weight excluding hydrogens is 250 g/mol. The zero-order valence-corrected chi connectivity index (χ0v) is 10.3. The van der Waals surface area contributed by atoms with Crippen LogP contribution in [0.2, 0.25) is 0 Å². The van der Waals surface area contributed by atoms with Gasteiger partial charge in [0.1, 0.15) is 0 Å². The molecule has 2 saturated heterocycles. The largest absolute Gasteiger partial charge is 0.295 e. The lowest BCUT2D eigenvalue weighted by Crippen LogP contribution is -2.55. The lowest BCUT2D eigenvalue weighted by Gasteiger charge is -2.24. The van der Waals surface area contributed by atoms with E-state index in [1.54, 1.807) is 0 Å². The van der Waals surface area contributed by atoms with Crippen LogP contribution in [-0.4, -0.2) is 46.7 Å². The molecule has 2 unspecified atom stereocenters. The predicted molar refractivity (Wildman–Crippen MR) is 62.6 cm³/mol. The second kappa shape index (κ2) is 4.41. The van der Waals surface area contributed by atoms with E-state index in [0.29, 0.717) is 6.42 Å². The van der Waals surface area contributed by atoms with Gasteiger partial charge >= 0.3 is 0 Å². The highest BCUT2D eigenvalue weighted by molar-refractivity contribution is 6.07. The van der Waals surface area contributed by atoms with Gasteiger partial charge in [-0.05, 0) is 19.3 Å². The first-order valence-electron chi connectivity index (χ1n) is 6.52. The Morgan fingerprint density at radius 2 is 1.79 bits per heavy atom. The Morgan fingerprint density at radius 1 is 1.05 bits per heavy atom. The Kier molecular flexibility index (Phi) is 2.85. The van der Waals surface area contributed by atoms with Crippen LogP contribution < -0.4 is 10.6 Å². The highest BCUT2D eigenvalue weighted by Gasteiger charge is 2.47. The number of nitrogens with one attached hydrogen (secondary N) is 2. The molecule has 0 bridgehead atoms. The number of carbonyl (C=O) groups is 4. The molecular formula is C12H15N3O4. The standard InChI is InChI=1S/C12H15N3O4/c16-9-4-3-7(11(18)14-9)13-8-5-10(17)15(12(8)19)6-1-2-6/h6-8,13H,1-5H2,(H,14,16,18). The number of hydrogen-bond acceptors (Lipinski definition) is 5. The number of amides is 4. The minimum atomic E-state index is -0.628. The van der Waals surface area contributed by atoms with Crippen molar-refractivity contribution in [3.8, 4) is 0 Å². The van der Waals surface area contributed by atoms with E-state index >= 15 is 0 Å². The van der Waals surface area contributed by atoms with Gasteiger partial charge in [0.2, 0.25) is 23.6 Å². The van der Waals surface area contributed by atoms with Gasteiger partial charge in [0.25, 0.3) is 0 Å². The maximum atomic E-state index is 12.1. The predicted octanol–water partition coefficient (Wildman–Crippen LogP) is -1.33. The van der Waals surface area contributed by atoms with Gasteiger partial charge in [-0.1, -0.05) is 0 Å². The fourth-order valence-corrected chi connectivity index (χ4v) is 2.59. The number of piperidine rings is 1. The first kappa shape index (κ1) is 12.3. The van der Waals surface area contributed by atoms with E-state index in [-0.39, 0.29) is 36.6 Å². The number of rotatable bonds is 3. The van der Waals surface area contributed by atoms with E-state index in [1.807, 2.05) is 0 Å². The van der Waals surface area contributed by atoms with Crippen LogP contribution in [-0.2, 0) is 19.2 Å². The summed E-state index contributed by atoms with van der Waals surface area (Å²) in [6.45, 7) is 0. The van der Waals surface area contributed by atoms with Gasteiger partial charge in [-0.3, -0.25) is 34.7 Å². The van der Waals surface area contributed by atoms with Crippen LogP contribution in [0.3, 0.4) is 0 Å². The summed E-state index contributed by atoms with van der Waals surface area (Å²) >= 11 is 0. The molecule has 3 rings (SSSR count). The molecule has 2 aliphatic heterocycles. The third-order valence-corrected chi connectivity index (χ3v) is 3.74. The summed E-state index contributed by atoms with van der Waals surface area (Å²) in [5.41, 5.74) is 0. The molecule has 0 spiro atoms. The van der Waals surface area contributed by atoms with E-state index in [2.05, 4.69) is 10.6 Å². The number of likely N-dealkylation sites (tertiary alicyclic amines) is 1. The molecule has 7 heteroatoms. The topological polar surface area (TPSA) is 95.6 Å². The molecule has 4 amide bonds. The Labute approximate surface area is 109 Å². The van der Waals surface area contributed by atoms with Gasteiger partial charge in [-0.25, -0.2) is 0 Å². The van der Waals surface area contributed by atoms with Gasteiger partial charge in [0.15, 0.2) is 0 Å². The van der Waals surface area contributed by atoms with Crippen molar-refractivity contribution in [2.45, 2.75) is 50.2 Å². The highest BCUT2D eigenvalue weighted by atomic mass is 16.2. The van der Waals surface area contributed by atoms with Crippen molar-refractivity contribution < 1.29 is 19.2 Å². The summed E-state index contributed by atoms with van der Waals surface area (Å²) in [7, 11) is 0. The van der Waals surface area contributed by atoms with E-state index < -0.39 is 18.0 Å². The summed E-state index contributed by atoms with van der Waals surface area (Å²) in [5.74, 6) is -1.12. The maximum absolute atomic E-state index is 12.1. The lowest BCUT2D eigenvalue weighted by molar-refractivity contribution is -0.139. The Bertz CT molecular complexity index is 472. The minimum absolute atomic E-state index is 0.0635. The molecule has 19 heavy (non-hydrogen) atoms. The number of nitrogens with zero attached hydrogens (tertiary/aromatic N) is 1. The molecule has 0 aromatic carbocycles. The van der Waals surface area contributed by atoms with Crippen molar-refractivity contribution in [3.05, 3.63) is 0 Å². The van der Waals surface area contributed by atoms with Crippen LogP contribution in [0.25, 0.3) is 0 Å². The molecule has 102 valence electrons. The van der Waals surface area contributed by atoms with Crippen molar-refractivity contribution >= 4 is 23.6 Å². The number of carbonyl (C=O) groups excluding carboxylic acids is 4. The van der Waals surface area contributed by atoms with E-state index in [0.717, 1.165) is 12.8 Å². The van der Waals surface area contributed by atoms with Gasteiger partial charge in [-0.15, -0.1) is 0 Å². The van der Waals surface area contributed by atoms with E-state index in [9.17, 15) is 19.2 Å². The van der Waals surface area contributed by atoms with E-state index in [4.69, 9.17) is 0 Å². The van der Waals surface area contributed by atoms with E-state index in [1.165, 1.54) is 4.90 Å². The van der Waals surface area contributed by atoms with Crippen molar-refractivity contribution in [2.75, 3.05) is 0 Å². The summed E-state index contributed by atoms with van der Waals surface area (Å²) in [6, 6.07) is -1.13. The summed E-state index contributed by atoms with van der Waals surface area (Å²) in [6.07, 6.45) is 2.48. The van der Waals surface area contributed by atoms with Gasteiger partial charge in [-0.2, -0.15) is 0 Å². The molecule has 7 nitrogen and oxygen atoms in total. The SMILES string of the molecule is O=C1CCC(NC2CC(=O)N(C3CC3)C2=O)C(=O)N1. The maximum Gasteiger partial charge on any atom is 0.247 e.